The van der Waals surface area contributed by atoms with Crippen molar-refractivity contribution in [3.8, 4) is 62.1 Å². The summed E-state index contributed by atoms with van der Waals surface area (Å²) >= 11 is 1.82. The molecule has 9 aromatic carbocycles. The SMILES string of the molecule is c1ccc(-c2nc(-c3ccc4c(c3)oc3ccccc34)nc(-c3ccc4c(c3)sc3c(-c5ccccc5-c5cccc6c7ccccc7n(-c7ccccc7)c56)cccc34)n2)cc1. The van der Waals surface area contributed by atoms with E-state index in [0.29, 0.717) is 17.5 Å². The molecule has 0 aliphatic carbocycles. The fourth-order valence-corrected chi connectivity index (χ4v) is 10.7. The fraction of sp³-hybridized carbons (Fsp3) is 0. The lowest BCUT2D eigenvalue weighted by Crippen LogP contribution is -2.00. The molecule has 0 fully saturated rings. The molecule has 0 radical (unpaired) electrons. The highest BCUT2D eigenvalue weighted by molar-refractivity contribution is 7.26. The molecule has 0 spiro atoms. The number of hydrogen-bond donors (Lipinski definition) is 0. The van der Waals surface area contributed by atoms with Crippen LogP contribution in [0.4, 0.5) is 0 Å². The van der Waals surface area contributed by atoms with Crippen LogP contribution in [0.3, 0.4) is 0 Å². The van der Waals surface area contributed by atoms with Gasteiger partial charge in [0.05, 0.1) is 11.0 Å². The van der Waals surface area contributed by atoms with Gasteiger partial charge in [-0.2, -0.15) is 0 Å². The zero-order valence-corrected chi connectivity index (χ0v) is 34.6. The fourth-order valence-electron chi connectivity index (χ4n) is 9.40. The van der Waals surface area contributed by atoms with Gasteiger partial charge in [0.1, 0.15) is 11.2 Å². The number of fused-ring (bicyclic) bond motifs is 9. The van der Waals surface area contributed by atoms with Crippen LogP contribution < -0.4 is 0 Å². The minimum atomic E-state index is 0.595. The summed E-state index contributed by atoms with van der Waals surface area (Å²) in [7, 11) is 0. The van der Waals surface area contributed by atoms with Crippen molar-refractivity contribution in [2.24, 2.45) is 0 Å². The minimum Gasteiger partial charge on any atom is -0.456 e. The Morgan fingerprint density at radius 1 is 0.365 bits per heavy atom. The Morgan fingerprint density at radius 2 is 0.921 bits per heavy atom. The first-order valence-corrected chi connectivity index (χ1v) is 21.9. The van der Waals surface area contributed by atoms with Gasteiger partial charge < -0.3 is 8.98 Å². The summed E-state index contributed by atoms with van der Waals surface area (Å²) in [6.45, 7) is 0. The number of nitrogens with zero attached hydrogens (tertiary/aromatic N) is 4. The van der Waals surface area contributed by atoms with Gasteiger partial charge in [-0.25, -0.2) is 15.0 Å². The summed E-state index contributed by atoms with van der Waals surface area (Å²) in [4.78, 5) is 15.3. The molecule has 6 heteroatoms. The Labute approximate surface area is 365 Å². The van der Waals surface area contributed by atoms with E-state index in [1.807, 2.05) is 65.9 Å². The number of rotatable bonds is 6. The Balaban J connectivity index is 0.965. The van der Waals surface area contributed by atoms with Crippen molar-refractivity contribution in [3.63, 3.8) is 0 Å². The zero-order valence-electron chi connectivity index (χ0n) is 33.7. The van der Waals surface area contributed by atoms with E-state index >= 15 is 0 Å². The van der Waals surface area contributed by atoms with Crippen molar-refractivity contribution in [1.29, 1.82) is 0 Å². The molecule has 0 atom stereocenters. The van der Waals surface area contributed by atoms with E-state index in [2.05, 4.69) is 156 Å². The van der Waals surface area contributed by atoms with Crippen LogP contribution in [-0.4, -0.2) is 19.5 Å². The summed E-state index contributed by atoms with van der Waals surface area (Å²) in [6, 6.07) is 72.8. The molecule has 0 aliphatic heterocycles. The van der Waals surface area contributed by atoms with E-state index in [4.69, 9.17) is 19.4 Å². The van der Waals surface area contributed by atoms with Crippen LogP contribution in [0.15, 0.2) is 211 Å². The van der Waals surface area contributed by atoms with E-state index in [1.54, 1.807) is 0 Å². The molecular weight excluding hydrogens is 789 g/mol. The number of aromatic nitrogens is 4. The third-order valence-corrected chi connectivity index (χ3v) is 13.5. The molecule has 13 rings (SSSR count). The lowest BCUT2D eigenvalue weighted by molar-refractivity contribution is 0.669. The van der Waals surface area contributed by atoms with Crippen molar-refractivity contribution in [1.82, 2.24) is 19.5 Å². The van der Waals surface area contributed by atoms with Crippen LogP contribution in [0, 0.1) is 0 Å². The maximum atomic E-state index is 6.28. The average molecular weight is 823 g/mol. The Hall–Kier alpha value is -8.19. The molecule has 5 nitrogen and oxygen atoms in total. The second-order valence-corrected chi connectivity index (χ2v) is 17.0. The van der Waals surface area contributed by atoms with Crippen molar-refractivity contribution in [3.05, 3.63) is 206 Å². The van der Waals surface area contributed by atoms with Gasteiger partial charge in [0, 0.05) is 75.2 Å². The highest BCUT2D eigenvalue weighted by Crippen LogP contribution is 2.46. The molecule has 0 saturated heterocycles. The second-order valence-electron chi connectivity index (χ2n) is 15.9. The van der Waals surface area contributed by atoms with Gasteiger partial charge in [-0.3, -0.25) is 0 Å². The van der Waals surface area contributed by atoms with Crippen molar-refractivity contribution in [2.75, 3.05) is 0 Å². The van der Waals surface area contributed by atoms with Crippen LogP contribution in [0.25, 0.3) is 126 Å². The molecule has 0 amide bonds. The van der Waals surface area contributed by atoms with E-state index in [0.717, 1.165) is 44.3 Å². The summed E-state index contributed by atoms with van der Waals surface area (Å²) < 4.78 is 11.1. The van der Waals surface area contributed by atoms with Crippen LogP contribution in [-0.2, 0) is 0 Å². The molecule has 13 aromatic rings. The summed E-state index contributed by atoms with van der Waals surface area (Å²) in [6.07, 6.45) is 0. The van der Waals surface area contributed by atoms with Crippen molar-refractivity contribution in [2.45, 2.75) is 0 Å². The number of benzene rings is 9. The maximum Gasteiger partial charge on any atom is 0.164 e. The van der Waals surface area contributed by atoms with Crippen molar-refractivity contribution >= 4 is 75.3 Å². The van der Waals surface area contributed by atoms with Crippen molar-refractivity contribution < 1.29 is 4.42 Å². The lowest BCUT2D eigenvalue weighted by atomic mass is 9.92. The quantitative estimate of drug-likeness (QED) is 0.168. The second kappa shape index (κ2) is 14.2. The standard InChI is InChI=1S/C57H34N4OS/c1-3-15-35(16-4-1)55-58-56(36-29-31-43-42-22-10-12-28-50(42)62-51(43)33-36)60-57(59-55)37-30-32-44-48-26-14-25-47(54(48)63-52(44)34-37)40-20-8-7-19-39(40)45-23-13-24-46-41-21-9-11-27-49(41)61(53(45)46)38-17-5-2-6-18-38/h1-34H. The van der Waals surface area contributed by atoms with Gasteiger partial charge in [0.2, 0.25) is 0 Å². The molecule has 0 aliphatic rings. The summed E-state index contributed by atoms with van der Waals surface area (Å²) in [5.41, 5.74) is 12.7. The summed E-state index contributed by atoms with van der Waals surface area (Å²) in [5.74, 6) is 1.84. The Morgan fingerprint density at radius 3 is 1.71 bits per heavy atom. The normalized spacial score (nSPS) is 11.8. The van der Waals surface area contributed by atoms with E-state index in [9.17, 15) is 0 Å². The number of thiophene rings is 1. The molecule has 0 N–H and O–H groups in total. The number of hydrogen-bond acceptors (Lipinski definition) is 5. The largest absolute Gasteiger partial charge is 0.456 e. The summed E-state index contributed by atoms with van der Waals surface area (Å²) in [5, 5.41) is 7.07. The zero-order chi connectivity index (χ0) is 41.4. The minimum absolute atomic E-state index is 0.595. The molecule has 0 bridgehead atoms. The van der Waals surface area contributed by atoms with Crippen LogP contribution >= 0.6 is 11.3 Å². The predicted octanol–water partition coefficient (Wildman–Crippen LogP) is 15.6. The van der Waals surface area contributed by atoms with Crippen LogP contribution in [0.5, 0.6) is 0 Å². The molecule has 294 valence electrons. The maximum absolute atomic E-state index is 6.28. The molecule has 4 heterocycles. The van der Waals surface area contributed by atoms with Gasteiger partial charge >= 0.3 is 0 Å². The van der Waals surface area contributed by atoms with Crippen LogP contribution in [0.2, 0.25) is 0 Å². The first kappa shape index (κ1) is 35.6. The van der Waals surface area contributed by atoms with Gasteiger partial charge in [-0.1, -0.05) is 164 Å². The highest BCUT2D eigenvalue weighted by atomic mass is 32.1. The monoisotopic (exact) mass is 822 g/mol. The lowest BCUT2D eigenvalue weighted by Gasteiger charge is -2.15. The predicted molar refractivity (Wildman–Crippen MR) is 262 cm³/mol. The molecule has 4 aromatic heterocycles. The van der Waals surface area contributed by atoms with Gasteiger partial charge in [-0.15, -0.1) is 11.3 Å². The van der Waals surface area contributed by atoms with E-state index in [-0.39, 0.29) is 0 Å². The number of para-hydroxylation sites is 4. The van der Waals surface area contributed by atoms with Gasteiger partial charge in [0.25, 0.3) is 0 Å². The molecular formula is C57H34N4OS. The third-order valence-electron chi connectivity index (χ3n) is 12.3. The van der Waals surface area contributed by atoms with Gasteiger partial charge in [-0.05, 0) is 53.6 Å². The van der Waals surface area contributed by atoms with Gasteiger partial charge in [0.15, 0.2) is 17.5 Å². The molecule has 0 unspecified atom stereocenters. The number of furan rings is 1. The average Bonchev–Trinajstić information content (AvgIpc) is 4.03. The Bertz CT molecular complexity index is 3920. The highest BCUT2D eigenvalue weighted by Gasteiger charge is 2.21. The molecule has 0 saturated carbocycles. The topological polar surface area (TPSA) is 56.7 Å². The van der Waals surface area contributed by atoms with E-state index in [1.165, 1.54) is 64.2 Å². The molecule has 63 heavy (non-hydrogen) atoms. The van der Waals surface area contributed by atoms with E-state index < -0.39 is 0 Å². The first-order chi connectivity index (χ1) is 31.2. The third kappa shape index (κ3) is 5.73. The Kier molecular flexibility index (Phi) is 8.01. The first-order valence-electron chi connectivity index (χ1n) is 21.1. The van der Waals surface area contributed by atoms with Crippen LogP contribution in [0.1, 0.15) is 0 Å². The smallest absolute Gasteiger partial charge is 0.164 e.